The van der Waals surface area contributed by atoms with Crippen molar-refractivity contribution in [2.75, 3.05) is 31.7 Å². The van der Waals surface area contributed by atoms with Gasteiger partial charge in [0, 0.05) is 6.54 Å². The second-order valence-corrected chi connectivity index (χ2v) is 6.92. The van der Waals surface area contributed by atoms with E-state index in [4.69, 9.17) is 15.9 Å². The number of nitrogens with one attached hydrogen (secondary N) is 2. The van der Waals surface area contributed by atoms with Gasteiger partial charge >= 0.3 is 5.97 Å². The van der Waals surface area contributed by atoms with Gasteiger partial charge in [-0.05, 0) is 31.3 Å². The first-order chi connectivity index (χ1) is 12.3. The first kappa shape index (κ1) is 22.2. The molecule has 148 valence electrons. The molecule has 0 aliphatic carbocycles. The number of likely N-dealkylation sites (tertiary alicyclic amines) is 1. The summed E-state index contributed by atoms with van der Waals surface area (Å²) in [6.45, 7) is -0.689. The second kappa shape index (κ2) is 11.0. The Balaban J connectivity index is 2.55. The van der Waals surface area contributed by atoms with Crippen LogP contribution in [0, 0.1) is 0 Å². The summed E-state index contributed by atoms with van der Waals surface area (Å²) in [6, 6.07) is -2.94. The van der Waals surface area contributed by atoms with Gasteiger partial charge in [0.2, 0.25) is 17.7 Å². The van der Waals surface area contributed by atoms with Gasteiger partial charge in [-0.25, -0.2) is 4.79 Å². The number of hydrogen-bond acceptors (Lipinski definition) is 7. The maximum absolute atomic E-state index is 12.3. The van der Waals surface area contributed by atoms with Crippen LogP contribution in [0.25, 0.3) is 0 Å². The minimum Gasteiger partial charge on any atom is -0.480 e. The number of nitrogens with zero attached hydrogens (tertiary/aromatic N) is 1. The third kappa shape index (κ3) is 6.46. The molecule has 3 unspecified atom stereocenters. The molecule has 1 fully saturated rings. The van der Waals surface area contributed by atoms with Gasteiger partial charge in [-0.1, -0.05) is 0 Å². The van der Waals surface area contributed by atoms with E-state index < -0.39 is 48.4 Å². The highest BCUT2D eigenvalue weighted by Crippen LogP contribution is 2.17. The van der Waals surface area contributed by atoms with Gasteiger partial charge in [-0.15, -0.1) is 0 Å². The molecule has 1 rings (SSSR count). The normalized spacial score (nSPS) is 18.9. The summed E-state index contributed by atoms with van der Waals surface area (Å²) in [4.78, 5) is 48.6. The van der Waals surface area contributed by atoms with E-state index in [1.807, 2.05) is 6.26 Å². The number of rotatable bonds is 10. The van der Waals surface area contributed by atoms with E-state index >= 15 is 0 Å². The Morgan fingerprint density at radius 2 is 2.04 bits per heavy atom. The Labute approximate surface area is 155 Å². The molecule has 11 heteroatoms. The molecule has 26 heavy (non-hydrogen) atoms. The van der Waals surface area contributed by atoms with Crippen molar-refractivity contribution in [3.8, 4) is 0 Å². The van der Waals surface area contributed by atoms with Crippen molar-refractivity contribution in [3.63, 3.8) is 0 Å². The first-order valence-electron chi connectivity index (χ1n) is 8.27. The van der Waals surface area contributed by atoms with Crippen LogP contribution in [0.4, 0.5) is 0 Å². The number of nitrogens with two attached hydrogens (primary N) is 1. The highest BCUT2D eigenvalue weighted by molar-refractivity contribution is 7.98. The first-order valence-corrected chi connectivity index (χ1v) is 9.67. The van der Waals surface area contributed by atoms with Gasteiger partial charge in [0.15, 0.2) is 0 Å². The van der Waals surface area contributed by atoms with Gasteiger partial charge in [-0.2, -0.15) is 11.8 Å². The van der Waals surface area contributed by atoms with Crippen molar-refractivity contribution in [1.82, 2.24) is 15.5 Å². The fraction of sp³-hybridized carbons (Fsp3) is 0.733. The van der Waals surface area contributed by atoms with Crippen LogP contribution in [-0.2, 0) is 19.2 Å². The molecule has 1 heterocycles. The van der Waals surface area contributed by atoms with Crippen molar-refractivity contribution in [2.45, 2.75) is 37.4 Å². The van der Waals surface area contributed by atoms with Crippen LogP contribution >= 0.6 is 11.8 Å². The zero-order valence-corrected chi connectivity index (χ0v) is 15.5. The molecule has 0 radical (unpaired) electrons. The summed E-state index contributed by atoms with van der Waals surface area (Å²) < 4.78 is 0. The molecule has 10 nitrogen and oxygen atoms in total. The molecule has 3 amide bonds. The number of carbonyl (C=O) groups excluding carboxylic acids is 3. The number of carboxylic acids is 1. The summed E-state index contributed by atoms with van der Waals surface area (Å²) in [7, 11) is 0. The number of aliphatic carboxylic acids is 1. The minimum absolute atomic E-state index is 0.280. The predicted molar refractivity (Wildman–Crippen MR) is 95.4 cm³/mol. The lowest BCUT2D eigenvalue weighted by atomic mass is 10.2. The minimum atomic E-state index is -1.42. The van der Waals surface area contributed by atoms with Crippen molar-refractivity contribution in [1.29, 1.82) is 0 Å². The SMILES string of the molecule is CSCCC(N)C(=O)NCC(=O)N1CCCC1C(=O)NC(CO)C(=O)O. The quantitative estimate of drug-likeness (QED) is 0.279. The van der Waals surface area contributed by atoms with Gasteiger partial charge in [0.25, 0.3) is 0 Å². The van der Waals surface area contributed by atoms with Crippen LogP contribution in [-0.4, -0.2) is 88.6 Å². The Morgan fingerprint density at radius 3 is 2.62 bits per heavy atom. The molecule has 0 aromatic carbocycles. The molecular weight excluding hydrogens is 364 g/mol. The van der Waals surface area contributed by atoms with Crippen molar-refractivity contribution < 1.29 is 29.4 Å². The van der Waals surface area contributed by atoms with Crippen LogP contribution in [0.2, 0.25) is 0 Å². The third-order valence-corrected chi connectivity index (χ3v) is 4.70. The number of aliphatic hydroxyl groups excluding tert-OH is 1. The lowest BCUT2D eigenvalue weighted by molar-refractivity contribution is -0.144. The standard InChI is InChI=1S/C15H26N4O6S/c1-26-6-4-9(16)13(22)17-7-12(21)19-5-2-3-11(19)14(23)18-10(8-20)15(24)25/h9-11,20H,2-8,16H2,1H3,(H,17,22)(H,18,23)(H,24,25). The zero-order chi connectivity index (χ0) is 19.7. The van der Waals surface area contributed by atoms with E-state index in [0.29, 0.717) is 25.8 Å². The van der Waals surface area contributed by atoms with E-state index in [9.17, 15) is 19.2 Å². The van der Waals surface area contributed by atoms with Gasteiger partial charge in [0.1, 0.15) is 12.1 Å². The van der Waals surface area contributed by atoms with Gasteiger partial charge < -0.3 is 31.5 Å². The van der Waals surface area contributed by atoms with Crippen LogP contribution in [0.5, 0.6) is 0 Å². The van der Waals surface area contributed by atoms with Crippen LogP contribution in [0.3, 0.4) is 0 Å². The number of carbonyl (C=O) groups is 4. The number of carboxylic acid groups (broad SMARTS) is 1. The monoisotopic (exact) mass is 390 g/mol. The number of thioether (sulfide) groups is 1. The van der Waals surface area contributed by atoms with E-state index in [1.165, 1.54) is 4.90 Å². The molecule has 0 bridgehead atoms. The summed E-state index contributed by atoms with van der Waals surface area (Å²) in [5.41, 5.74) is 5.72. The Hall–Kier alpha value is -1.85. The molecule has 0 spiro atoms. The predicted octanol–water partition coefficient (Wildman–Crippen LogP) is -2.26. The van der Waals surface area contributed by atoms with Gasteiger partial charge in [0.05, 0.1) is 19.2 Å². The van der Waals surface area contributed by atoms with Gasteiger partial charge in [-0.3, -0.25) is 14.4 Å². The van der Waals surface area contributed by atoms with E-state index in [0.717, 1.165) is 5.75 Å². The molecule has 6 N–H and O–H groups in total. The number of hydrogen-bond donors (Lipinski definition) is 5. The molecule has 0 aromatic heterocycles. The summed E-state index contributed by atoms with van der Waals surface area (Å²) in [5.74, 6) is -2.14. The molecule has 1 aliphatic rings. The van der Waals surface area contributed by atoms with Crippen LogP contribution in [0.15, 0.2) is 0 Å². The van der Waals surface area contributed by atoms with Crippen LogP contribution in [0.1, 0.15) is 19.3 Å². The summed E-state index contributed by atoms with van der Waals surface area (Å²) in [6.07, 6.45) is 3.37. The summed E-state index contributed by atoms with van der Waals surface area (Å²) in [5, 5.41) is 22.5. The lowest BCUT2D eigenvalue weighted by Gasteiger charge is -2.25. The maximum atomic E-state index is 12.3. The Morgan fingerprint density at radius 1 is 1.35 bits per heavy atom. The molecule has 1 saturated heterocycles. The lowest BCUT2D eigenvalue weighted by Crippen LogP contribution is -2.53. The molecular formula is C15H26N4O6S. The fourth-order valence-electron chi connectivity index (χ4n) is 2.56. The Bertz CT molecular complexity index is 532. The smallest absolute Gasteiger partial charge is 0.328 e. The van der Waals surface area contributed by atoms with Crippen LogP contribution < -0.4 is 16.4 Å². The zero-order valence-electron chi connectivity index (χ0n) is 14.6. The topological polar surface area (TPSA) is 162 Å². The Kier molecular flexibility index (Phi) is 9.38. The van der Waals surface area contributed by atoms with Crippen molar-refractivity contribution in [3.05, 3.63) is 0 Å². The maximum Gasteiger partial charge on any atom is 0.328 e. The number of amides is 3. The fourth-order valence-corrected chi connectivity index (χ4v) is 3.05. The molecule has 3 atom stereocenters. The highest BCUT2D eigenvalue weighted by atomic mass is 32.2. The van der Waals surface area contributed by atoms with Crippen molar-refractivity contribution >= 4 is 35.5 Å². The highest BCUT2D eigenvalue weighted by Gasteiger charge is 2.35. The second-order valence-electron chi connectivity index (χ2n) is 5.93. The van der Waals surface area contributed by atoms with Crippen molar-refractivity contribution in [2.24, 2.45) is 5.73 Å². The van der Waals surface area contributed by atoms with E-state index in [-0.39, 0.29) is 6.54 Å². The average molecular weight is 390 g/mol. The molecule has 1 aliphatic heterocycles. The third-order valence-electron chi connectivity index (χ3n) is 4.06. The number of aliphatic hydroxyl groups is 1. The largest absolute Gasteiger partial charge is 0.480 e. The average Bonchev–Trinajstić information content (AvgIpc) is 3.11. The van der Waals surface area contributed by atoms with E-state index in [1.54, 1.807) is 11.8 Å². The summed E-state index contributed by atoms with van der Waals surface area (Å²) >= 11 is 1.57. The molecule has 0 aromatic rings. The van der Waals surface area contributed by atoms with E-state index in [2.05, 4.69) is 10.6 Å². The molecule has 0 saturated carbocycles.